The Morgan fingerprint density at radius 1 is 0.700 bits per heavy atom. The molecule has 5 rings (SSSR count). The van der Waals surface area contributed by atoms with E-state index in [1.807, 2.05) is 72.9 Å². The van der Waals surface area contributed by atoms with Crippen LogP contribution in [0, 0.1) is 0 Å². The summed E-state index contributed by atoms with van der Waals surface area (Å²) in [5.41, 5.74) is 12.8. The number of hydrogen-bond acceptors (Lipinski definition) is 2. The number of carbonyl (C=O) groups excluding carboxylic acids is 1. The van der Waals surface area contributed by atoms with Gasteiger partial charge >= 0.3 is 0 Å². The van der Waals surface area contributed by atoms with Gasteiger partial charge in [-0.05, 0) is 34.9 Å². The van der Waals surface area contributed by atoms with E-state index in [9.17, 15) is 4.79 Å². The van der Waals surface area contributed by atoms with Gasteiger partial charge in [-0.25, -0.2) is 4.98 Å². The van der Waals surface area contributed by atoms with Crippen molar-refractivity contribution in [3.05, 3.63) is 109 Å². The minimum atomic E-state index is -0.444. The van der Waals surface area contributed by atoms with E-state index in [0.717, 1.165) is 39.2 Å². The number of hydrogen-bond donors (Lipinski definition) is 1. The maximum absolute atomic E-state index is 11.7. The number of rotatable bonds is 4. The van der Waals surface area contributed by atoms with Crippen molar-refractivity contribution >= 4 is 11.6 Å². The Balaban J connectivity index is 1.77. The van der Waals surface area contributed by atoms with E-state index >= 15 is 0 Å². The number of nitrogens with zero attached hydrogens (tertiary/aromatic N) is 2. The SMILES string of the molecule is NC(=O)c1cccc(-c2cc(-c3ccccc3)cn3cc(-c4ccccc4)nc23)c1. The van der Waals surface area contributed by atoms with Gasteiger partial charge in [0, 0.05) is 29.1 Å². The van der Waals surface area contributed by atoms with Crippen LogP contribution in [0.3, 0.4) is 0 Å². The summed E-state index contributed by atoms with van der Waals surface area (Å²) in [6.07, 6.45) is 4.13. The molecule has 4 heteroatoms. The van der Waals surface area contributed by atoms with Crippen molar-refractivity contribution in [1.29, 1.82) is 0 Å². The molecule has 0 bridgehead atoms. The molecule has 2 aromatic heterocycles. The fourth-order valence-electron chi connectivity index (χ4n) is 3.69. The molecule has 3 aromatic carbocycles. The van der Waals surface area contributed by atoms with Crippen LogP contribution in [0.2, 0.25) is 0 Å². The second-order valence-electron chi connectivity index (χ2n) is 7.18. The summed E-state index contributed by atoms with van der Waals surface area (Å²) in [5.74, 6) is -0.444. The summed E-state index contributed by atoms with van der Waals surface area (Å²) >= 11 is 0. The van der Waals surface area contributed by atoms with E-state index in [1.54, 1.807) is 6.07 Å². The molecule has 0 aliphatic heterocycles. The molecular formula is C26H19N3O. The molecule has 0 saturated heterocycles. The first-order valence-electron chi connectivity index (χ1n) is 9.73. The Morgan fingerprint density at radius 2 is 1.37 bits per heavy atom. The van der Waals surface area contributed by atoms with Gasteiger partial charge in [-0.15, -0.1) is 0 Å². The lowest BCUT2D eigenvalue weighted by molar-refractivity contribution is 0.100. The van der Waals surface area contributed by atoms with E-state index in [4.69, 9.17) is 10.7 Å². The zero-order chi connectivity index (χ0) is 20.5. The van der Waals surface area contributed by atoms with Gasteiger partial charge in [0.25, 0.3) is 0 Å². The van der Waals surface area contributed by atoms with Crippen molar-refractivity contribution in [1.82, 2.24) is 9.38 Å². The minimum absolute atomic E-state index is 0.444. The molecule has 4 nitrogen and oxygen atoms in total. The van der Waals surface area contributed by atoms with Crippen LogP contribution in [-0.4, -0.2) is 15.3 Å². The maximum atomic E-state index is 11.7. The predicted octanol–water partition coefficient (Wildman–Crippen LogP) is 5.43. The average Bonchev–Trinajstić information content (AvgIpc) is 3.24. The number of aromatic nitrogens is 2. The first-order chi connectivity index (χ1) is 14.7. The Hall–Kier alpha value is -4.18. The third-order valence-electron chi connectivity index (χ3n) is 5.19. The standard InChI is InChI=1S/C26H19N3O/c27-25(30)21-13-7-12-20(14-21)23-15-22(18-8-3-1-4-9-18)16-29-17-24(28-26(23)29)19-10-5-2-6-11-19/h1-17H,(H2,27,30). The lowest BCUT2D eigenvalue weighted by Crippen LogP contribution is -2.10. The molecule has 0 aliphatic carbocycles. The Kier molecular flexibility index (Phi) is 4.37. The van der Waals surface area contributed by atoms with Gasteiger partial charge in [0.1, 0.15) is 5.65 Å². The molecule has 0 spiro atoms. The molecular weight excluding hydrogens is 370 g/mol. The molecule has 0 unspecified atom stereocenters. The number of imidazole rings is 1. The number of pyridine rings is 1. The smallest absolute Gasteiger partial charge is 0.248 e. The largest absolute Gasteiger partial charge is 0.366 e. The van der Waals surface area contributed by atoms with Crippen LogP contribution < -0.4 is 5.73 Å². The molecule has 0 atom stereocenters. The molecule has 2 heterocycles. The van der Waals surface area contributed by atoms with Crippen LogP contribution in [0.15, 0.2) is 103 Å². The van der Waals surface area contributed by atoms with Gasteiger partial charge < -0.3 is 10.1 Å². The summed E-state index contributed by atoms with van der Waals surface area (Å²) in [5, 5.41) is 0. The van der Waals surface area contributed by atoms with Crippen LogP contribution in [0.25, 0.3) is 39.2 Å². The highest BCUT2D eigenvalue weighted by atomic mass is 16.1. The van der Waals surface area contributed by atoms with Crippen LogP contribution in [0.4, 0.5) is 0 Å². The molecule has 1 amide bonds. The average molecular weight is 389 g/mol. The fourth-order valence-corrected chi connectivity index (χ4v) is 3.69. The monoisotopic (exact) mass is 389 g/mol. The van der Waals surface area contributed by atoms with Crippen LogP contribution in [-0.2, 0) is 0 Å². The number of nitrogens with two attached hydrogens (primary N) is 1. The number of primary amides is 1. The second-order valence-corrected chi connectivity index (χ2v) is 7.18. The summed E-state index contributed by atoms with van der Waals surface area (Å²) in [7, 11) is 0. The van der Waals surface area contributed by atoms with Gasteiger partial charge in [-0.2, -0.15) is 0 Å². The van der Waals surface area contributed by atoms with Crippen molar-refractivity contribution in [2.75, 3.05) is 0 Å². The molecule has 144 valence electrons. The molecule has 0 radical (unpaired) electrons. The third kappa shape index (κ3) is 3.25. The lowest BCUT2D eigenvalue weighted by Gasteiger charge is -2.10. The lowest BCUT2D eigenvalue weighted by atomic mass is 10.00. The van der Waals surface area contributed by atoms with Crippen molar-refractivity contribution in [2.24, 2.45) is 5.73 Å². The summed E-state index contributed by atoms with van der Waals surface area (Å²) in [4.78, 5) is 16.6. The van der Waals surface area contributed by atoms with E-state index < -0.39 is 5.91 Å². The zero-order valence-electron chi connectivity index (χ0n) is 16.2. The number of fused-ring (bicyclic) bond motifs is 1. The van der Waals surface area contributed by atoms with E-state index in [0.29, 0.717) is 5.56 Å². The highest BCUT2D eigenvalue weighted by Gasteiger charge is 2.14. The first kappa shape index (κ1) is 17.9. The Bertz CT molecular complexity index is 1360. The van der Waals surface area contributed by atoms with Gasteiger partial charge in [0.15, 0.2) is 0 Å². The Labute approximate surface area is 174 Å². The number of benzene rings is 3. The van der Waals surface area contributed by atoms with E-state index in [2.05, 4.69) is 28.8 Å². The molecule has 5 aromatic rings. The topological polar surface area (TPSA) is 60.4 Å². The maximum Gasteiger partial charge on any atom is 0.248 e. The molecule has 0 saturated carbocycles. The van der Waals surface area contributed by atoms with Gasteiger partial charge in [0.2, 0.25) is 5.91 Å². The molecule has 2 N–H and O–H groups in total. The minimum Gasteiger partial charge on any atom is -0.366 e. The Morgan fingerprint density at radius 3 is 2.07 bits per heavy atom. The summed E-state index contributed by atoms with van der Waals surface area (Å²) in [6, 6.07) is 29.8. The summed E-state index contributed by atoms with van der Waals surface area (Å²) in [6.45, 7) is 0. The first-order valence-corrected chi connectivity index (χ1v) is 9.73. The predicted molar refractivity (Wildman–Crippen MR) is 120 cm³/mol. The highest BCUT2D eigenvalue weighted by molar-refractivity contribution is 5.95. The van der Waals surface area contributed by atoms with Crippen LogP contribution in [0.1, 0.15) is 10.4 Å². The number of carbonyl (C=O) groups is 1. The van der Waals surface area contributed by atoms with Gasteiger partial charge in [0.05, 0.1) is 5.69 Å². The van der Waals surface area contributed by atoms with E-state index in [-0.39, 0.29) is 0 Å². The van der Waals surface area contributed by atoms with Crippen molar-refractivity contribution < 1.29 is 4.79 Å². The quantitative estimate of drug-likeness (QED) is 0.445. The van der Waals surface area contributed by atoms with Gasteiger partial charge in [-0.3, -0.25) is 4.79 Å². The van der Waals surface area contributed by atoms with Crippen molar-refractivity contribution in [2.45, 2.75) is 0 Å². The van der Waals surface area contributed by atoms with Crippen LogP contribution in [0.5, 0.6) is 0 Å². The molecule has 30 heavy (non-hydrogen) atoms. The second kappa shape index (κ2) is 7.33. The van der Waals surface area contributed by atoms with E-state index in [1.165, 1.54) is 0 Å². The fraction of sp³-hybridized carbons (Fsp3) is 0. The van der Waals surface area contributed by atoms with Crippen molar-refractivity contribution in [3.8, 4) is 33.5 Å². The number of amides is 1. The normalized spacial score (nSPS) is 10.9. The summed E-state index contributed by atoms with van der Waals surface area (Å²) < 4.78 is 2.05. The third-order valence-corrected chi connectivity index (χ3v) is 5.19. The molecule has 0 aliphatic rings. The van der Waals surface area contributed by atoms with Crippen LogP contribution >= 0.6 is 0 Å². The zero-order valence-corrected chi connectivity index (χ0v) is 16.2. The highest BCUT2D eigenvalue weighted by Crippen LogP contribution is 2.32. The van der Waals surface area contributed by atoms with Crippen molar-refractivity contribution in [3.63, 3.8) is 0 Å². The van der Waals surface area contributed by atoms with Gasteiger partial charge in [-0.1, -0.05) is 72.8 Å². The molecule has 0 fully saturated rings.